The largest absolute Gasteiger partial charge is 0.493 e. The van der Waals surface area contributed by atoms with Gasteiger partial charge >= 0.3 is 5.69 Å². The second-order valence-electron chi connectivity index (χ2n) is 7.95. The van der Waals surface area contributed by atoms with Crippen LogP contribution in [0.1, 0.15) is 29.4 Å². The molecule has 0 fully saturated rings. The summed E-state index contributed by atoms with van der Waals surface area (Å²) >= 11 is 0. The molecular formula is C24H24N8O4. The molecule has 2 aromatic carbocycles. The first-order valence-electron chi connectivity index (χ1n) is 11.2. The molecule has 3 heterocycles. The quantitative estimate of drug-likeness (QED) is 0.225. The number of hydrogen-bond donors (Lipinski definition) is 4. The average Bonchev–Trinajstić information content (AvgIpc) is 3.12. The molecule has 5 N–H and O–H groups in total. The summed E-state index contributed by atoms with van der Waals surface area (Å²) in [6, 6.07) is 11.7. The fraction of sp³-hybridized carbons (Fsp3) is 0.208. The number of nitrogens with zero attached hydrogens (tertiary/aromatic N) is 4. The minimum absolute atomic E-state index is 0.0309. The highest BCUT2D eigenvalue weighted by atomic mass is 16.5. The number of methoxy groups -OCH3 is 1. The van der Waals surface area contributed by atoms with E-state index in [9.17, 15) is 4.79 Å². The molecule has 1 aliphatic heterocycles. The van der Waals surface area contributed by atoms with Crippen LogP contribution in [0, 0.1) is 5.41 Å². The van der Waals surface area contributed by atoms with Crippen LogP contribution in [0.3, 0.4) is 0 Å². The van der Waals surface area contributed by atoms with Gasteiger partial charge in [0.25, 0.3) is 5.95 Å². The number of H-pyrrole nitrogens is 1. The molecule has 1 aliphatic rings. The molecule has 2 aromatic heterocycles. The maximum atomic E-state index is 12.8. The van der Waals surface area contributed by atoms with Crippen LogP contribution in [-0.2, 0) is 0 Å². The Kier molecular flexibility index (Phi) is 6.22. The molecule has 12 nitrogen and oxygen atoms in total. The van der Waals surface area contributed by atoms with E-state index >= 15 is 0 Å². The van der Waals surface area contributed by atoms with Crippen molar-refractivity contribution in [3.05, 3.63) is 82.3 Å². The number of nitrogens with one attached hydrogen (secondary N) is 3. The fourth-order valence-corrected chi connectivity index (χ4v) is 3.81. The van der Waals surface area contributed by atoms with Gasteiger partial charge in [-0.3, -0.25) is 10.4 Å². The third-order valence-corrected chi connectivity index (χ3v) is 5.55. The lowest BCUT2D eigenvalue weighted by molar-refractivity contribution is 0.289. The standard InChI is InChI=1S/C24H24N8O4/c1-34-17-12-15(13-18-20(17)36-11-3-10-35-18)19(29-16-6-4-14(5-7-16)21(25)26)22-30-24(33)32(31-22)23-27-8-2-9-28-23/h2,4-9,12-13,19,29H,3,10-11H2,1H3,(H3,25,26)(H,30,31,33)/t19-/m0/s1. The summed E-state index contributed by atoms with van der Waals surface area (Å²) in [7, 11) is 1.56. The van der Waals surface area contributed by atoms with Gasteiger partial charge in [-0.15, -0.1) is 9.78 Å². The van der Waals surface area contributed by atoms with Gasteiger partial charge < -0.3 is 25.3 Å². The van der Waals surface area contributed by atoms with Crippen LogP contribution in [0.2, 0.25) is 0 Å². The highest BCUT2D eigenvalue weighted by molar-refractivity contribution is 5.95. The summed E-state index contributed by atoms with van der Waals surface area (Å²) in [5, 5.41) is 15.5. The molecular weight excluding hydrogens is 464 g/mol. The van der Waals surface area contributed by atoms with Crippen molar-refractivity contribution in [2.24, 2.45) is 5.73 Å². The van der Waals surface area contributed by atoms with E-state index < -0.39 is 11.7 Å². The Morgan fingerprint density at radius 2 is 1.94 bits per heavy atom. The maximum absolute atomic E-state index is 12.8. The van der Waals surface area contributed by atoms with Crippen LogP contribution >= 0.6 is 0 Å². The van der Waals surface area contributed by atoms with E-state index in [1.54, 1.807) is 37.4 Å². The average molecular weight is 489 g/mol. The zero-order chi connectivity index (χ0) is 25.1. The lowest BCUT2D eigenvalue weighted by Crippen LogP contribution is -2.18. The molecule has 1 atom stereocenters. The number of aromatic amines is 1. The van der Waals surface area contributed by atoms with Gasteiger partial charge in [-0.05, 0) is 48.0 Å². The van der Waals surface area contributed by atoms with Crippen LogP contribution in [0.15, 0.2) is 59.7 Å². The van der Waals surface area contributed by atoms with Crippen LogP contribution in [-0.4, -0.2) is 50.9 Å². The predicted octanol–water partition coefficient (Wildman–Crippen LogP) is 2.01. The molecule has 184 valence electrons. The number of fused-ring (bicyclic) bond motifs is 1. The molecule has 0 amide bonds. The van der Waals surface area contributed by atoms with Gasteiger partial charge in [0.15, 0.2) is 17.3 Å². The Morgan fingerprint density at radius 3 is 2.67 bits per heavy atom. The van der Waals surface area contributed by atoms with Gasteiger partial charge in [0.05, 0.1) is 20.3 Å². The molecule has 0 spiro atoms. The lowest BCUT2D eigenvalue weighted by atomic mass is 10.0. The van der Waals surface area contributed by atoms with E-state index in [1.165, 1.54) is 12.4 Å². The lowest BCUT2D eigenvalue weighted by Gasteiger charge is -2.21. The van der Waals surface area contributed by atoms with Gasteiger partial charge in [-0.2, -0.15) is 0 Å². The van der Waals surface area contributed by atoms with Gasteiger partial charge in [0.1, 0.15) is 11.9 Å². The Morgan fingerprint density at radius 1 is 1.19 bits per heavy atom. The summed E-state index contributed by atoms with van der Waals surface area (Å²) in [6.45, 7) is 1.02. The third kappa shape index (κ3) is 4.56. The maximum Gasteiger partial charge on any atom is 0.350 e. The fourth-order valence-electron chi connectivity index (χ4n) is 3.81. The SMILES string of the molecule is COc1cc([C@H](Nc2ccc(C(=N)N)cc2)c2nn(-c3ncccn3)c(=O)[nH]2)cc2c1OCCCO2. The predicted molar refractivity (Wildman–Crippen MR) is 131 cm³/mol. The molecule has 0 bridgehead atoms. The van der Waals surface area contributed by atoms with Crippen LogP contribution in [0.25, 0.3) is 5.95 Å². The van der Waals surface area contributed by atoms with Crippen LogP contribution in [0.5, 0.6) is 17.2 Å². The summed E-state index contributed by atoms with van der Waals surface area (Å²) in [4.78, 5) is 23.8. The summed E-state index contributed by atoms with van der Waals surface area (Å²) in [5.41, 5.74) is 7.11. The smallest absolute Gasteiger partial charge is 0.350 e. The second-order valence-corrected chi connectivity index (χ2v) is 7.95. The molecule has 0 unspecified atom stereocenters. The van der Waals surface area contributed by atoms with Crippen molar-refractivity contribution in [3.63, 3.8) is 0 Å². The zero-order valence-electron chi connectivity index (χ0n) is 19.4. The molecule has 5 rings (SSSR count). The minimum Gasteiger partial charge on any atom is -0.493 e. The number of hydrogen-bond acceptors (Lipinski definition) is 9. The first-order chi connectivity index (χ1) is 17.5. The number of amidine groups is 1. The van der Waals surface area contributed by atoms with Gasteiger partial charge in [-0.1, -0.05) is 0 Å². The molecule has 0 saturated heterocycles. The molecule has 0 radical (unpaired) electrons. The Hall–Kier alpha value is -4.87. The molecule has 0 aliphatic carbocycles. The number of nitrogen functional groups attached to an aromatic ring is 1. The van der Waals surface area contributed by atoms with E-state index in [2.05, 4.69) is 25.4 Å². The third-order valence-electron chi connectivity index (χ3n) is 5.55. The topological polar surface area (TPSA) is 166 Å². The minimum atomic E-state index is -0.628. The number of ether oxygens (including phenoxy) is 3. The number of rotatable bonds is 7. The van der Waals surface area contributed by atoms with Gasteiger partial charge in [0.2, 0.25) is 5.75 Å². The Labute approximate surface area is 205 Å². The molecule has 36 heavy (non-hydrogen) atoms. The van der Waals surface area contributed by atoms with Crippen molar-refractivity contribution in [1.29, 1.82) is 5.41 Å². The van der Waals surface area contributed by atoms with E-state index in [1.807, 2.05) is 12.1 Å². The van der Waals surface area contributed by atoms with Gasteiger partial charge in [0, 0.05) is 30.1 Å². The van der Waals surface area contributed by atoms with E-state index in [-0.39, 0.29) is 11.8 Å². The summed E-state index contributed by atoms with van der Waals surface area (Å²) in [6.07, 6.45) is 3.81. The monoisotopic (exact) mass is 488 g/mol. The molecule has 4 aromatic rings. The molecule has 12 heteroatoms. The second kappa shape index (κ2) is 9.78. The number of nitrogens with two attached hydrogens (primary N) is 1. The normalized spacial score (nSPS) is 13.5. The van der Waals surface area contributed by atoms with Crippen molar-refractivity contribution < 1.29 is 14.2 Å². The van der Waals surface area contributed by atoms with Crippen molar-refractivity contribution in [3.8, 4) is 23.2 Å². The summed E-state index contributed by atoms with van der Waals surface area (Å²) < 4.78 is 18.5. The highest BCUT2D eigenvalue weighted by Gasteiger charge is 2.26. The van der Waals surface area contributed by atoms with Crippen molar-refractivity contribution in [1.82, 2.24) is 24.7 Å². The number of aromatic nitrogens is 5. The van der Waals surface area contributed by atoms with Crippen LogP contribution in [0.4, 0.5) is 5.69 Å². The molecule has 0 saturated carbocycles. The summed E-state index contributed by atoms with van der Waals surface area (Å²) in [5.74, 6) is 1.99. The van der Waals surface area contributed by atoms with E-state index in [0.29, 0.717) is 53.1 Å². The Bertz CT molecular complexity index is 1430. The van der Waals surface area contributed by atoms with Gasteiger partial charge in [-0.25, -0.2) is 14.8 Å². The first kappa shape index (κ1) is 22.9. The van der Waals surface area contributed by atoms with Crippen molar-refractivity contribution in [2.75, 3.05) is 25.6 Å². The highest BCUT2D eigenvalue weighted by Crippen LogP contribution is 2.42. The van der Waals surface area contributed by atoms with Crippen LogP contribution < -0.4 is 31.0 Å². The number of benzene rings is 2. The first-order valence-corrected chi connectivity index (χ1v) is 11.2. The zero-order valence-corrected chi connectivity index (χ0v) is 19.4. The van der Waals surface area contributed by atoms with Crippen molar-refractivity contribution >= 4 is 11.5 Å². The van der Waals surface area contributed by atoms with E-state index in [0.717, 1.165) is 11.1 Å². The van der Waals surface area contributed by atoms with E-state index in [4.69, 9.17) is 25.4 Å². The Balaban J connectivity index is 1.61. The number of anilines is 1. The van der Waals surface area contributed by atoms with Crippen molar-refractivity contribution in [2.45, 2.75) is 12.5 Å².